The van der Waals surface area contributed by atoms with E-state index in [1.165, 1.54) is 16.0 Å². The van der Waals surface area contributed by atoms with Crippen LogP contribution in [0.2, 0.25) is 0 Å². The Morgan fingerprint density at radius 2 is 2.04 bits per heavy atom. The highest BCUT2D eigenvalue weighted by Crippen LogP contribution is 2.26. The van der Waals surface area contributed by atoms with Crippen molar-refractivity contribution in [1.82, 2.24) is 19.9 Å². The Morgan fingerprint density at radius 3 is 2.79 bits per heavy atom. The Bertz CT molecular complexity index is 832. The van der Waals surface area contributed by atoms with Gasteiger partial charge in [-0.05, 0) is 43.6 Å². The minimum absolute atomic E-state index is 0.0341. The van der Waals surface area contributed by atoms with Crippen LogP contribution in [0.5, 0.6) is 0 Å². The average Bonchev–Trinajstić information content (AvgIpc) is 3.12. The number of amides is 1. The first-order chi connectivity index (χ1) is 11.7. The summed E-state index contributed by atoms with van der Waals surface area (Å²) in [6, 6.07) is 1.85. The summed E-state index contributed by atoms with van der Waals surface area (Å²) in [4.78, 5) is 27.1. The van der Waals surface area contributed by atoms with Crippen molar-refractivity contribution in [1.29, 1.82) is 0 Å². The minimum atomic E-state index is -0.0582. The molecule has 4 rings (SSSR count). The van der Waals surface area contributed by atoms with Gasteiger partial charge in [0.2, 0.25) is 5.91 Å². The lowest BCUT2D eigenvalue weighted by molar-refractivity contribution is -0.137. The molecule has 1 aliphatic heterocycles. The highest BCUT2D eigenvalue weighted by atomic mass is 32.1. The lowest BCUT2D eigenvalue weighted by Gasteiger charge is -2.34. The largest absolute Gasteiger partial charge is 0.342 e. The molecule has 7 heteroatoms. The van der Waals surface area contributed by atoms with Gasteiger partial charge < -0.3 is 4.90 Å². The molecule has 126 valence electrons. The van der Waals surface area contributed by atoms with Crippen molar-refractivity contribution < 1.29 is 4.79 Å². The summed E-state index contributed by atoms with van der Waals surface area (Å²) in [5, 5.41) is 10.1. The monoisotopic (exact) mass is 344 g/mol. The fraction of sp³-hybridized carbons (Fsp3) is 0.529. The SMILES string of the molecule is O=C([C@H]1CC=CCC1)N1CCC(n2nnc3ccsc3c2=O)CC1. The lowest BCUT2D eigenvalue weighted by Crippen LogP contribution is -2.44. The van der Waals surface area contributed by atoms with E-state index in [9.17, 15) is 9.59 Å². The van der Waals surface area contributed by atoms with Crippen LogP contribution in [-0.4, -0.2) is 38.9 Å². The predicted molar refractivity (Wildman–Crippen MR) is 93.0 cm³/mol. The van der Waals surface area contributed by atoms with Crippen LogP contribution in [0.3, 0.4) is 0 Å². The Balaban J connectivity index is 1.45. The van der Waals surface area contributed by atoms with Gasteiger partial charge in [-0.15, -0.1) is 16.4 Å². The van der Waals surface area contributed by atoms with E-state index in [1.54, 1.807) is 0 Å². The molecule has 3 heterocycles. The van der Waals surface area contributed by atoms with Crippen LogP contribution in [0.15, 0.2) is 28.4 Å². The zero-order valence-corrected chi connectivity index (χ0v) is 14.2. The van der Waals surface area contributed by atoms with Crippen LogP contribution in [0.25, 0.3) is 10.2 Å². The molecular weight excluding hydrogens is 324 g/mol. The Labute approximate surface area is 143 Å². The first-order valence-electron chi connectivity index (χ1n) is 8.50. The molecule has 0 bridgehead atoms. The number of hydrogen-bond donors (Lipinski definition) is 0. The molecule has 0 N–H and O–H groups in total. The van der Waals surface area contributed by atoms with E-state index in [2.05, 4.69) is 22.5 Å². The van der Waals surface area contributed by atoms with Gasteiger partial charge in [0.05, 0.1) is 6.04 Å². The van der Waals surface area contributed by atoms with E-state index in [4.69, 9.17) is 0 Å². The fourth-order valence-electron chi connectivity index (χ4n) is 3.63. The standard InChI is InChI=1S/C17H20N4O2S/c22-16(12-4-2-1-3-5-12)20-9-6-13(7-10-20)21-17(23)15-14(18-19-21)8-11-24-15/h1-2,8,11-13H,3-7,9-10H2/t12-/m0/s1. The number of hydrogen-bond acceptors (Lipinski definition) is 5. The van der Waals surface area contributed by atoms with Crippen LogP contribution in [-0.2, 0) is 4.79 Å². The molecular formula is C17H20N4O2S. The molecule has 24 heavy (non-hydrogen) atoms. The van der Waals surface area contributed by atoms with Crippen LogP contribution in [0.1, 0.15) is 38.1 Å². The van der Waals surface area contributed by atoms with Crippen molar-refractivity contribution >= 4 is 27.5 Å². The second kappa shape index (κ2) is 6.47. The van der Waals surface area contributed by atoms with E-state index in [0.29, 0.717) is 23.3 Å². The third-order valence-electron chi connectivity index (χ3n) is 5.04. The van der Waals surface area contributed by atoms with Gasteiger partial charge in [-0.25, -0.2) is 4.68 Å². The third-order valence-corrected chi connectivity index (χ3v) is 5.93. The number of rotatable bonds is 2. The van der Waals surface area contributed by atoms with Crippen molar-refractivity contribution in [3.8, 4) is 0 Å². The van der Waals surface area contributed by atoms with Gasteiger partial charge >= 0.3 is 0 Å². The van der Waals surface area contributed by atoms with E-state index in [1.807, 2.05) is 16.3 Å². The fourth-order valence-corrected chi connectivity index (χ4v) is 4.39. The normalized spacial score (nSPS) is 22.2. The second-order valence-corrected chi connectivity index (χ2v) is 7.43. The molecule has 2 aromatic heterocycles. The van der Waals surface area contributed by atoms with E-state index in [0.717, 1.165) is 32.1 Å². The molecule has 0 aromatic carbocycles. The highest BCUT2D eigenvalue weighted by Gasteiger charge is 2.29. The smallest absolute Gasteiger partial charge is 0.287 e. The van der Waals surface area contributed by atoms with Gasteiger partial charge in [0.25, 0.3) is 5.56 Å². The zero-order valence-electron chi connectivity index (χ0n) is 13.4. The van der Waals surface area contributed by atoms with Crippen LogP contribution < -0.4 is 5.56 Å². The number of fused-ring (bicyclic) bond motifs is 1. The van der Waals surface area contributed by atoms with Gasteiger partial charge in [-0.1, -0.05) is 17.4 Å². The number of likely N-dealkylation sites (tertiary alicyclic amines) is 1. The molecule has 6 nitrogen and oxygen atoms in total. The molecule has 1 aliphatic carbocycles. The summed E-state index contributed by atoms with van der Waals surface area (Å²) in [7, 11) is 0. The highest BCUT2D eigenvalue weighted by molar-refractivity contribution is 7.17. The molecule has 1 atom stereocenters. The van der Waals surface area contributed by atoms with E-state index >= 15 is 0 Å². The second-order valence-electron chi connectivity index (χ2n) is 6.51. The molecule has 2 aliphatic rings. The number of thiophene rings is 1. The summed E-state index contributed by atoms with van der Waals surface area (Å²) in [6.07, 6.45) is 8.61. The first-order valence-corrected chi connectivity index (χ1v) is 9.38. The van der Waals surface area contributed by atoms with E-state index < -0.39 is 0 Å². The number of piperidine rings is 1. The Kier molecular flexibility index (Phi) is 4.18. The Morgan fingerprint density at radius 1 is 1.21 bits per heavy atom. The van der Waals surface area contributed by atoms with Gasteiger partial charge in [-0.2, -0.15) is 0 Å². The van der Waals surface area contributed by atoms with Crippen molar-refractivity contribution in [2.45, 2.75) is 38.1 Å². The van der Waals surface area contributed by atoms with Gasteiger partial charge in [-0.3, -0.25) is 9.59 Å². The summed E-state index contributed by atoms with van der Waals surface area (Å²) in [5.74, 6) is 0.404. The summed E-state index contributed by atoms with van der Waals surface area (Å²) in [6.45, 7) is 1.39. The molecule has 0 spiro atoms. The predicted octanol–water partition coefficient (Wildman–Crippen LogP) is 2.37. The molecule has 1 saturated heterocycles. The number of carbonyl (C=O) groups is 1. The van der Waals surface area contributed by atoms with Gasteiger partial charge in [0.1, 0.15) is 10.2 Å². The van der Waals surface area contributed by atoms with Crippen molar-refractivity contribution in [3.63, 3.8) is 0 Å². The van der Waals surface area contributed by atoms with Gasteiger partial charge in [0.15, 0.2) is 0 Å². The summed E-state index contributed by atoms with van der Waals surface area (Å²) in [5.41, 5.74) is 0.608. The molecule has 0 unspecified atom stereocenters. The van der Waals surface area contributed by atoms with Crippen molar-refractivity contribution in [3.05, 3.63) is 34.0 Å². The van der Waals surface area contributed by atoms with Gasteiger partial charge in [0, 0.05) is 19.0 Å². The lowest BCUT2D eigenvalue weighted by atomic mass is 9.92. The quantitative estimate of drug-likeness (QED) is 0.785. The summed E-state index contributed by atoms with van der Waals surface area (Å²) < 4.78 is 2.18. The molecule has 1 fully saturated rings. The minimum Gasteiger partial charge on any atom is -0.342 e. The van der Waals surface area contributed by atoms with Crippen molar-refractivity contribution in [2.24, 2.45) is 5.92 Å². The molecule has 2 aromatic rings. The average molecular weight is 344 g/mol. The van der Waals surface area contributed by atoms with Crippen LogP contribution in [0.4, 0.5) is 0 Å². The number of carbonyl (C=O) groups excluding carboxylic acids is 1. The number of aromatic nitrogens is 3. The molecule has 0 saturated carbocycles. The summed E-state index contributed by atoms with van der Waals surface area (Å²) >= 11 is 1.41. The van der Waals surface area contributed by atoms with Crippen LogP contribution >= 0.6 is 11.3 Å². The zero-order chi connectivity index (χ0) is 16.5. The molecule has 1 amide bonds. The first kappa shape index (κ1) is 15.5. The number of allylic oxidation sites excluding steroid dienone is 2. The third kappa shape index (κ3) is 2.77. The molecule has 0 radical (unpaired) electrons. The topological polar surface area (TPSA) is 68.1 Å². The van der Waals surface area contributed by atoms with Crippen LogP contribution in [0, 0.1) is 5.92 Å². The maximum atomic E-state index is 12.6. The van der Waals surface area contributed by atoms with Crippen molar-refractivity contribution in [2.75, 3.05) is 13.1 Å². The van der Waals surface area contributed by atoms with E-state index in [-0.39, 0.29) is 23.4 Å². The Hall–Kier alpha value is -2.02. The number of nitrogens with zero attached hydrogens (tertiary/aromatic N) is 4. The maximum Gasteiger partial charge on any atom is 0.287 e. The maximum absolute atomic E-state index is 12.6.